The van der Waals surface area contributed by atoms with E-state index < -0.39 is 12.0 Å². The van der Waals surface area contributed by atoms with Crippen molar-refractivity contribution in [2.75, 3.05) is 0 Å². The molecule has 1 amide bonds. The van der Waals surface area contributed by atoms with E-state index in [0.29, 0.717) is 23.4 Å². The van der Waals surface area contributed by atoms with Crippen molar-refractivity contribution < 1.29 is 14.7 Å². The summed E-state index contributed by atoms with van der Waals surface area (Å²) in [5, 5.41) is 11.9. The van der Waals surface area contributed by atoms with Gasteiger partial charge < -0.3 is 10.4 Å². The molecule has 84 valence electrons. The number of hydrogen-bond donors (Lipinski definition) is 2. The first-order valence-electron chi connectivity index (χ1n) is 4.90. The Morgan fingerprint density at radius 1 is 1.50 bits per heavy atom. The number of fused-ring (bicyclic) bond motifs is 1. The number of aliphatic carboxylic acids is 1. The van der Waals surface area contributed by atoms with Gasteiger partial charge in [0.1, 0.15) is 6.04 Å². The van der Waals surface area contributed by atoms with Gasteiger partial charge in [0.15, 0.2) is 0 Å². The predicted molar refractivity (Wildman–Crippen MR) is 58.7 cm³/mol. The highest BCUT2D eigenvalue weighted by Crippen LogP contribution is 2.24. The van der Waals surface area contributed by atoms with Crippen LogP contribution in [0.3, 0.4) is 0 Å². The molecule has 0 aromatic heterocycles. The van der Waals surface area contributed by atoms with E-state index in [-0.39, 0.29) is 5.91 Å². The average molecular weight is 240 g/mol. The quantitative estimate of drug-likeness (QED) is 0.780. The van der Waals surface area contributed by atoms with E-state index in [1.165, 1.54) is 0 Å². The number of halogens is 1. The minimum Gasteiger partial charge on any atom is -0.480 e. The average Bonchev–Trinajstić information content (AvgIpc) is 2.40. The lowest BCUT2D eigenvalue weighted by Gasteiger charge is -2.09. The summed E-state index contributed by atoms with van der Waals surface area (Å²) >= 11 is 5.98. The number of amides is 1. The van der Waals surface area contributed by atoms with Gasteiger partial charge in [0.05, 0.1) is 0 Å². The zero-order valence-corrected chi connectivity index (χ0v) is 9.12. The summed E-state index contributed by atoms with van der Waals surface area (Å²) in [6.07, 6.45) is 0.850. The SMILES string of the molecule is O=C1NC(C(=O)O)CCc2c(Cl)cccc21. The van der Waals surface area contributed by atoms with Gasteiger partial charge in [0, 0.05) is 10.6 Å². The van der Waals surface area contributed by atoms with E-state index in [1.807, 2.05) is 0 Å². The van der Waals surface area contributed by atoms with E-state index >= 15 is 0 Å². The summed E-state index contributed by atoms with van der Waals surface area (Å²) < 4.78 is 0. The summed E-state index contributed by atoms with van der Waals surface area (Å²) in [4.78, 5) is 22.6. The van der Waals surface area contributed by atoms with Crippen LogP contribution in [-0.2, 0) is 11.2 Å². The molecule has 16 heavy (non-hydrogen) atoms. The molecule has 1 unspecified atom stereocenters. The first kappa shape index (κ1) is 11.0. The highest BCUT2D eigenvalue weighted by Gasteiger charge is 2.26. The second-order valence-corrected chi connectivity index (χ2v) is 4.08. The van der Waals surface area contributed by atoms with E-state index in [4.69, 9.17) is 16.7 Å². The lowest BCUT2D eigenvalue weighted by atomic mass is 10.0. The molecule has 1 aliphatic heterocycles. The highest BCUT2D eigenvalue weighted by molar-refractivity contribution is 6.32. The number of carbonyl (C=O) groups excluding carboxylic acids is 1. The Balaban J connectivity index is 2.39. The maximum Gasteiger partial charge on any atom is 0.326 e. The van der Waals surface area contributed by atoms with Crippen molar-refractivity contribution in [3.8, 4) is 0 Å². The van der Waals surface area contributed by atoms with Crippen molar-refractivity contribution >= 4 is 23.5 Å². The van der Waals surface area contributed by atoms with E-state index in [9.17, 15) is 9.59 Å². The number of carboxylic acid groups (broad SMARTS) is 1. The molecule has 0 spiro atoms. The molecule has 2 rings (SSSR count). The molecule has 0 fully saturated rings. The maximum atomic E-state index is 11.7. The third-order valence-electron chi connectivity index (χ3n) is 2.65. The van der Waals surface area contributed by atoms with Crippen LogP contribution in [0.4, 0.5) is 0 Å². The fourth-order valence-corrected chi connectivity index (χ4v) is 2.08. The molecule has 5 heteroatoms. The first-order valence-corrected chi connectivity index (χ1v) is 5.28. The molecule has 0 saturated carbocycles. The zero-order chi connectivity index (χ0) is 11.7. The third-order valence-corrected chi connectivity index (χ3v) is 3.00. The molecule has 0 saturated heterocycles. The summed E-state index contributed by atoms with van der Waals surface area (Å²) in [5.74, 6) is -1.39. The first-order chi connectivity index (χ1) is 7.59. The van der Waals surface area contributed by atoms with Crippen molar-refractivity contribution in [2.24, 2.45) is 0 Å². The van der Waals surface area contributed by atoms with Gasteiger partial charge in [-0.15, -0.1) is 0 Å². The topological polar surface area (TPSA) is 66.4 Å². The molecule has 0 bridgehead atoms. The summed E-state index contributed by atoms with van der Waals surface area (Å²) in [6.45, 7) is 0. The minimum atomic E-state index is -1.02. The van der Waals surface area contributed by atoms with Crippen molar-refractivity contribution in [1.29, 1.82) is 0 Å². The van der Waals surface area contributed by atoms with Gasteiger partial charge in [-0.1, -0.05) is 17.7 Å². The van der Waals surface area contributed by atoms with Crippen LogP contribution in [0, 0.1) is 0 Å². The predicted octanol–water partition coefficient (Wildman–Crippen LogP) is 1.47. The second-order valence-electron chi connectivity index (χ2n) is 3.67. The Labute approximate surface area is 97.2 Å². The Morgan fingerprint density at radius 3 is 2.94 bits per heavy atom. The van der Waals surface area contributed by atoms with Crippen LogP contribution in [0.15, 0.2) is 18.2 Å². The summed E-state index contributed by atoms with van der Waals surface area (Å²) in [5.41, 5.74) is 1.20. The van der Waals surface area contributed by atoms with Crippen molar-refractivity contribution in [3.63, 3.8) is 0 Å². The zero-order valence-electron chi connectivity index (χ0n) is 8.37. The molecule has 1 atom stereocenters. The van der Waals surface area contributed by atoms with Crippen LogP contribution in [0.5, 0.6) is 0 Å². The van der Waals surface area contributed by atoms with E-state index in [2.05, 4.69) is 5.32 Å². The molecule has 0 aliphatic carbocycles. The Morgan fingerprint density at radius 2 is 2.25 bits per heavy atom. The second kappa shape index (κ2) is 4.14. The van der Waals surface area contributed by atoms with Crippen LogP contribution >= 0.6 is 11.6 Å². The van der Waals surface area contributed by atoms with Gasteiger partial charge in [-0.2, -0.15) is 0 Å². The molecule has 0 radical (unpaired) electrons. The third kappa shape index (κ3) is 1.88. The maximum absolute atomic E-state index is 11.7. The molecule has 1 aromatic carbocycles. The monoisotopic (exact) mass is 239 g/mol. The fourth-order valence-electron chi connectivity index (χ4n) is 1.81. The van der Waals surface area contributed by atoms with Gasteiger partial charge in [0.2, 0.25) is 0 Å². The molecular formula is C11H10ClNO3. The van der Waals surface area contributed by atoms with Crippen molar-refractivity contribution in [2.45, 2.75) is 18.9 Å². The van der Waals surface area contributed by atoms with Crippen LogP contribution in [0.1, 0.15) is 22.3 Å². The number of hydrogen-bond acceptors (Lipinski definition) is 2. The van der Waals surface area contributed by atoms with Crippen molar-refractivity contribution in [3.05, 3.63) is 34.3 Å². The largest absolute Gasteiger partial charge is 0.480 e. The molecule has 1 aliphatic rings. The number of rotatable bonds is 1. The summed E-state index contributed by atoms with van der Waals surface area (Å²) in [6, 6.07) is 4.20. The smallest absolute Gasteiger partial charge is 0.326 e. The lowest BCUT2D eigenvalue weighted by Crippen LogP contribution is -2.39. The van der Waals surface area contributed by atoms with Crippen LogP contribution in [0.2, 0.25) is 5.02 Å². The van der Waals surface area contributed by atoms with Gasteiger partial charge in [-0.05, 0) is 30.5 Å². The number of carbonyl (C=O) groups is 2. The Bertz CT molecular complexity index is 459. The minimum absolute atomic E-state index is 0.359. The fraction of sp³-hybridized carbons (Fsp3) is 0.273. The molecule has 2 N–H and O–H groups in total. The molecular weight excluding hydrogens is 230 g/mol. The molecule has 1 heterocycles. The summed E-state index contributed by atoms with van der Waals surface area (Å²) in [7, 11) is 0. The molecule has 4 nitrogen and oxygen atoms in total. The van der Waals surface area contributed by atoms with Crippen LogP contribution in [0.25, 0.3) is 0 Å². The highest BCUT2D eigenvalue weighted by atomic mass is 35.5. The van der Waals surface area contributed by atoms with Gasteiger partial charge >= 0.3 is 5.97 Å². The van der Waals surface area contributed by atoms with E-state index in [0.717, 1.165) is 5.56 Å². The lowest BCUT2D eigenvalue weighted by molar-refractivity contribution is -0.139. The standard InChI is InChI=1S/C11H10ClNO3/c12-8-3-1-2-7-6(8)4-5-9(11(15)16)13-10(7)14/h1-3,9H,4-5H2,(H,13,14)(H,15,16). The number of benzene rings is 1. The van der Waals surface area contributed by atoms with Gasteiger partial charge in [-0.3, -0.25) is 4.79 Å². The Kier molecular flexibility index (Phi) is 2.83. The van der Waals surface area contributed by atoms with Gasteiger partial charge in [-0.25, -0.2) is 4.79 Å². The molecule has 1 aromatic rings. The van der Waals surface area contributed by atoms with Gasteiger partial charge in [0.25, 0.3) is 5.91 Å². The Hall–Kier alpha value is -1.55. The number of carboxylic acids is 1. The normalized spacial score (nSPS) is 19.6. The number of nitrogens with one attached hydrogen (secondary N) is 1. The van der Waals surface area contributed by atoms with Crippen LogP contribution < -0.4 is 5.32 Å². The van der Waals surface area contributed by atoms with Crippen molar-refractivity contribution in [1.82, 2.24) is 5.32 Å². The van der Waals surface area contributed by atoms with Crippen LogP contribution in [-0.4, -0.2) is 23.0 Å². The van der Waals surface area contributed by atoms with E-state index in [1.54, 1.807) is 18.2 Å².